The summed E-state index contributed by atoms with van der Waals surface area (Å²) in [5.41, 5.74) is 1.04. The average molecular weight is 290 g/mol. The molecule has 0 radical (unpaired) electrons. The normalized spacial score (nSPS) is 17.7. The van der Waals surface area contributed by atoms with E-state index >= 15 is 0 Å². The first kappa shape index (κ1) is 16.0. The first-order chi connectivity index (χ1) is 10.3. The number of carbonyl (C=O) groups is 1. The predicted molar refractivity (Wildman–Crippen MR) is 84.3 cm³/mol. The van der Waals surface area contributed by atoms with Crippen LogP contribution in [0.5, 0.6) is 0 Å². The van der Waals surface area contributed by atoms with Gasteiger partial charge >= 0.3 is 5.97 Å². The summed E-state index contributed by atoms with van der Waals surface area (Å²) < 4.78 is 5.02. The van der Waals surface area contributed by atoms with Crippen molar-refractivity contribution >= 4 is 5.97 Å². The van der Waals surface area contributed by atoms with Gasteiger partial charge < -0.3 is 10.1 Å². The minimum absolute atomic E-state index is 0.145. The lowest BCUT2D eigenvalue weighted by molar-refractivity contribution is -0.143. The first-order valence-corrected chi connectivity index (χ1v) is 7.83. The van der Waals surface area contributed by atoms with E-state index < -0.39 is 0 Å². The molecule has 1 aromatic rings. The number of likely N-dealkylation sites (N-methyl/N-ethyl adjacent to an activating group) is 1. The van der Waals surface area contributed by atoms with Gasteiger partial charge in [-0.1, -0.05) is 37.3 Å². The van der Waals surface area contributed by atoms with E-state index in [0.29, 0.717) is 6.04 Å². The van der Waals surface area contributed by atoms with Gasteiger partial charge in [0.25, 0.3) is 0 Å². The summed E-state index contributed by atoms with van der Waals surface area (Å²) in [6.45, 7) is 6.00. The molecule has 1 fully saturated rings. The Kier molecular flexibility index (Phi) is 6.21. The highest BCUT2D eigenvalue weighted by Gasteiger charge is 2.27. The fraction of sp³-hybridized carbons (Fsp3) is 0.588. The lowest BCUT2D eigenvalue weighted by Crippen LogP contribution is -2.45. The maximum atomic E-state index is 12.2. The second-order valence-electron chi connectivity index (χ2n) is 5.56. The zero-order valence-electron chi connectivity index (χ0n) is 13.0. The summed E-state index contributed by atoms with van der Waals surface area (Å²) in [5, 5.41) is 3.39. The summed E-state index contributed by atoms with van der Waals surface area (Å²) in [7, 11) is 1.47. The Morgan fingerprint density at radius 2 is 2.00 bits per heavy atom. The molecule has 1 unspecified atom stereocenters. The van der Waals surface area contributed by atoms with Crippen molar-refractivity contribution in [3.8, 4) is 0 Å². The standard InChI is InChI=1S/C17H26N2O2/c1-3-19(15-9-11-18-12-10-15)13-16(17(20)21-2)14-7-5-4-6-8-14/h4-8,15-16,18H,3,9-13H2,1-2H3. The number of rotatable bonds is 6. The van der Waals surface area contributed by atoms with E-state index in [-0.39, 0.29) is 11.9 Å². The number of carbonyl (C=O) groups excluding carboxylic acids is 1. The Labute approximate surface area is 127 Å². The first-order valence-electron chi connectivity index (χ1n) is 7.83. The van der Waals surface area contributed by atoms with Crippen molar-refractivity contribution < 1.29 is 9.53 Å². The molecule has 1 N–H and O–H groups in total. The molecule has 116 valence electrons. The van der Waals surface area contributed by atoms with Crippen LogP contribution < -0.4 is 5.32 Å². The zero-order chi connectivity index (χ0) is 15.1. The predicted octanol–water partition coefficient (Wildman–Crippen LogP) is 2.02. The number of nitrogens with zero attached hydrogens (tertiary/aromatic N) is 1. The third-order valence-corrected chi connectivity index (χ3v) is 4.34. The highest BCUT2D eigenvalue weighted by Crippen LogP contribution is 2.22. The molecule has 2 rings (SSSR count). The van der Waals surface area contributed by atoms with Crippen LogP contribution in [0, 0.1) is 0 Å². The smallest absolute Gasteiger partial charge is 0.314 e. The molecule has 21 heavy (non-hydrogen) atoms. The van der Waals surface area contributed by atoms with Crippen molar-refractivity contribution in [1.29, 1.82) is 0 Å². The minimum atomic E-state index is -0.203. The summed E-state index contributed by atoms with van der Waals surface area (Å²) in [6.07, 6.45) is 2.30. The monoisotopic (exact) mass is 290 g/mol. The Morgan fingerprint density at radius 1 is 1.33 bits per heavy atom. The van der Waals surface area contributed by atoms with Gasteiger partial charge in [-0.25, -0.2) is 0 Å². The van der Waals surface area contributed by atoms with E-state index in [4.69, 9.17) is 4.74 Å². The Bertz CT molecular complexity index is 430. The highest BCUT2D eigenvalue weighted by molar-refractivity contribution is 5.78. The van der Waals surface area contributed by atoms with Crippen molar-refractivity contribution in [2.75, 3.05) is 33.3 Å². The van der Waals surface area contributed by atoms with Crippen LogP contribution in [-0.4, -0.2) is 50.2 Å². The van der Waals surface area contributed by atoms with E-state index in [2.05, 4.69) is 17.1 Å². The summed E-state index contributed by atoms with van der Waals surface area (Å²) in [6, 6.07) is 10.5. The number of hydrogen-bond donors (Lipinski definition) is 1. The molecule has 1 heterocycles. The number of ether oxygens (including phenoxy) is 1. The number of nitrogens with one attached hydrogen (secondary N) is 1. The molecule has 4 heteroatoms. The molecule has 0 aromatic heterocycles. The maximum absolute atomic E-state index is 12.2. The quantitative estimate of drug-likeness (QED) is 0.814. The summed E-state index contributed by atoms with van der Waals surface area (Å²) in [4.78, 5) is 14.6. The molecular weight excluding hydrogens is 264 g/mol. The van der Waals surface area contributed by atoms with Gasteiger partial charge in [0.05, 0.1) is 13.0 Å². The Morgan fingerprint density at radius 3 is 2.57 bits per heavy atom. The second kappa shape index (κ2) is 8.15. The second-order valence-corrected chi connectivity index (χ2v) is 5.56. The van der Waals surface area contributed by atoms with E-state index in [1.807, 2.05) is 30.3 Å². The molecule has 0 aliphatic carbocycles. The topological polar surface area (TPSA) is 41.6 Å². The average Bonchev–Trinajstić information content (AvgIpc) is 2.57. The number of hydrogen-bond acceptors (Lipinski definition) is 4. The number of esters is 1. The van der Waals surface area contributed by atoms with Crippen LogP contribution in [0.1, 0.15) is 31.2 Å². The summed E-state index contributed by atoms with van der Waals surface area (Å²) >= 11 is 0. The van der Waals surface area contributed by atoms with Crippen LogP contribution >= 0.6 is 0 Å². The van der Waals surface area contributed by atoms with Crippen molar-refractivity contribution in [1.82, 2.24) is 10.2 Å². The van der Waals surface area contributed by atoms with Gasteiger partial charge in [0, 0.05) is 12.6 Å². The molecule has 0 amide bonds. The van der Waals surface area contributed by atoms with Crippen molar-refractivity contribution in [3.63, 3.8) is 0 Å². The lowest BCUT2D eigenvalue weighted by atomic mass is 9.96. The Balaban J connectivity index is 2.11. The SMILES string of the molecule is CCN(CC(C(=O)OC)c1ccccc1)C1CCNCC1. The molecule has 4 nitrogen and oxygen atoms in total. The zero-order valence-corrected chi connectivity index (χ0v) is 13.0. The van der Waals surface area contributed by atoms with Gasteiger partial charge in [-0.3, -0.25) is 9.69 Å². The molecular formula is C17H26N2O2. The molecule has 1 aliphatic rings. The van der Waals surface area contributed by atoms with Crippen LogP contribution in [0.25, 0.3) is 0 Å². The van der Waals surface area contributed by atoms with E-state index in [0.717, 1.165) is 44.6 Å². The number of methoxy groups -OCH3 is 1. The van der Waals surface area contributed by atoms with Gasteiger partial charge in [0.15, 0.2) is 0 Å². The van der Waals surface area contributed by atoms with Gasteiger partial charge in [0.1, 0.15) is 0 Å². The highest BCUT2D eigenvalue weighted by atomic mass is 16.5. The summed E-state index contributed by atoms with van der Waals surface area (Å²) in [5.74, 6) is -0.348. The third-order valence-electron chi connectivity index (χ3n) is 4.34. The van der Waals surface area contributed by atoms with E-state index in [1.165, 1.54) is 7.11 Å². The fourth-order valence-corrected chi connectivity index (χ4v) is 3.09. The third kappa shape index (κ3) is 4.29. The van der Waals surface area contributed by atoms with Crippen molar-refractivity contribution in [3.05, 3.63) is 35.9 Å². The van der Waals surface area contributed by atoms with Crippen LogP contribution in [0.3, 0.4) is 0 Å². The lowest BCUT2D eigenvalue weighted by Gasteiger charge is -2.35. The molecule has 0 spiro atoms. The van der Waals surface area contributed by atoms with Crippen molar-refractivity contribution in [2.45, 2.75) is 31.7 Å². The molecule has 1 saturated heterocycles. The fourth-order valence-electron chi connectivity index (χ4n) is 3.09. The van der Waals surface area contributed by atoms with Crippen LogP contribution in [0.2, 0.25) is 0 Å². The Hall–Kier alpha value is -1.39. The van der Waals surface area contributed by atoms with Crippen molar-refractivity contribution in [2.24, 2.45) is 0 Å². The molecule has 1 aliphatic heterocycles. The molecule has 1 atom stereocenters. The maximum Gasteiger partial charge on any atom is 0.314 e. The van der Waals surface area contributed by atoms with Gasteiger partial charge in [-0.15, -0.1) is 0 Å². The molecule has 0 bridgehead atoms. The minimum Gasteiger partial charge on any atom is -0.469 e. The van der Waals surface area contributed by atoms with E-state index in [9.17, 15) is 4.79 Å². The van der Waals surface area contributed by atoms with E-state index in [1.54, 1.807) is 0 Å². The van der Waals surface area contributed by atoms with Crippen LogP contribution in [0.4, 0.5) is 0 Å². The largest absolute Gasteiger partial charge is 0.469 e. The number of piperidine rings is 1. The van der Waals surface area contributed by atoms with Gasteiger partial charge in [-0.2, -0.15) is 0 Å². The number of benzene rings is 1. The molecule has 1 aromatic carbocycles. The van der Waals surface area contributed by atoms with Crippen LogP contribution in [-0.2, 0) is 9.53 Å². The van der Waals surface area contributed by atoms with Crippen LogP contribution in [0.15, 0.2) is 30.3 Å². The van der Waals surface area contributed by atoms with Gasteiger partial charge in [0.2, 0.25) is 0 Å². The van der Waals surface area contributed by atoms with Gasteiger partial charge in [-0.05, 0) is 38.0 Å². The molecule has 0 saturated carbocycles.